The topological polar surface area (TPSA) is 61.8 Å². The minimum absolute atomic E-state index is 0.135. The Bertz CT molecular complexity index is 534. The van der Waals surface area contributed by atoms with Crippen LogP contribution in [0, 0.1) is 5.82 Å². The van der Waals surface area contributed by atoms with Gasteiger partial charge < -0.3 is 20.1 Å². The van der Waals surface area contributed by atoms with Crippen molar-refractivity contribution in [2.75, 3.05) is 24.7 Å². The van der Waals surface area contributed by atoms with Crippen molar-refractivity contribution >= 4 is 11.6 Å². The van der Waals surface area contributed by atoms with Crippen LogP contribution in [-0.4, -0.2) is 42.9 Å². The average molecular weight is 294 g/mol. The molecule has 0 spiro atoms. The Morgan fingerprint density at radius 2 is 2.29 bits per heavy atom. The van der Waals surface area contributed by atoms with Crippen molar-refractivity contribution in [1.29, 1.82) is 0 Å². The summed E-state index contributed by atoms with van der Waals surface area (Å²) in [5, 5.41) is 12.4. The molecule has 1 aliphatic carbocycles. The van der Waals surface area contributed by atoms with E-state index >= 15 is 0 Å². The van der Waals surface area contributed by atoms with Gasteiger partial charge in [0.15, 0.2) is 0 Å². The van der Waals surface area contributed by atoms with Gasteiger partial charge in [0.25, 0.3) is 0 Å². The lowest BCUT2D eigenvalue weighted by Gasteiger charge is -2.37. The van der Waals surface area contributed by atoms with Crippen LogP contribution in [0.4, 0.5) is 10.1 Å². The number of ether oxygens (including phenoxy) is 1. The predicted octanol–water partition coefficient (Wildman–Crippen LogP) is 0.802. The zero-order chi connectivity index (χ0) is 14.8. The third-order valence-corrected chi connectivity index (χ3v) is 3.88. The molecule has 1 unspecified atom stereocenters. The van der Waals surface area contributed by atoms with Crippen molar-refractivity contribution < 1.29 is 19.0 Å². The largest absolute Gasteiger partial charge is 0.392 e. The number of benzene rings is 1. The first-order chi connectivity index (χ1) is 10.2. The zero-order valence-electron chi connectivity index (χ0n) is 11.7. The number of hydrogen-bond acceptors (Lipinski definition) is 4. The minimum Gasteiger partial charge on any atom is -0.392 e. The summed E-state index contributed by atoms with van der Waals surface area (Å²) in [5.74, 6) is -0.558. The molecule has 1 heterocycles. The van der Waals surface area contributed by atoms with E-state index in [9.17, 15) is 14.3 Å². The van der Waals surface area contributed by atoms with Gasteiger partial charge >= 0.3 is 0 Å². The van der Waals surface area contributed by atoms with Gasteiger partial charge in [-0.1, -0.05) is 12.1 Å². The highest BCUT2D eigenvalue weighted by molar-refractivity contribution is 5.86. The molecule has 1 aliphatic heterocycles. The predicted molar refractivity (Wildman–Crippen MR) is 75.4 cm³/mol. The molecule has 0 aromatic heterocycles. The SMILES string of the molecule is O=C(NC1CC1)C1COCCN1c1c(F)cccc1CO. The number of para-hydroxylation sites is 1. The summed E-state index contributed by atoms with van der Waals surface area (Å²) >= 11 is 0. The maximum absolute atomic E-state index is 14.2. The molecule has 1 amide bonds. The van der Waals surface area contributed by atoms with E-state index in [0.29, 0.717) is 24.4 Å². The van der Waals surface area contributed by atoms with Crippen molar-refractivity contribution in [3.8, 4) is 0 Å². The Balaban J connectivity index is 1.88. The number of aliphatic hydroxyl groups is 1. The minimum atomic E-state index is -0.554. The molecule has 6 heteroatoms. The van der Waals surface area contributed by atoms with E-state index in [0.717, 1.165) is 12.8 Å². The van der Waals surface area contributed by atoms with E-state index in [2.05, 4.69) is 5.32 Å². The number of aliphatic hydroxyl groups excluding tert-OH is 1. The maximum Gasteiger partial charge on any atom is 0.245 e. The van der Waals surface area contributed by atoms with Gasteiger partial charge in [0, 0.05) is 18.2 Å². The van der Waals surface area contributed by atoms with Crippen LogP contribution < -0.4 is 10.2 Å². The number of nitrogens with zero attached hydrogens (tertiary/aromatic N) is 1. The summed E-state index contributed by atoms with van der Waals surface area (Å²) in [7, 11) is 0. The summed E-state index contributed by atoms with van der Waals surface area (Å²) in [6, 6.07) is 4.27. The van der Waals surface area contributed by atoms with Gasteiger partial charge in [-0.25, -0.2) is 4.39 Å². The lowest BCUT2D eigenvalue weighted by molar-refractivity contribution is -0.124. The van der Waals surface area contributed by atoms with Gasteiger partial charge in [-0.3, -0.25) is 4.79 Å². The fourth-order valence-electron chi connectivity index (χ4n) is 2.62. The van der Waals surface area contributed by atoms with Crippen LogP contribution in [0.5, 0.6) is 0 Å². The second-order valence-electron chi connectivity index (χ2n) is 5.47. The lowest BCUT2D eigenvalue weighted by atomic mass is 10.1. The molecule has 114 valence electrons. The highest BCUT2D eigenvalue weighted by Gasteiger charge is 2.35. The summed E-state index contributed by atoms with van der Waals surface area (Å²) in [6.07, 6.45) is 2.00. The molecule has 2 fully saturated rings. The van der Waals surface area contributed by atoms with Crippen molar-refractivity contribution in [2.24, 2.45) is 0 Å². The monoisotopic (exact) mass is 294 g/mol. The molecule has 1 aromatic carbocycles. The van der Waals surface area contributed by atoms with E-state index in [1.54, 1.807) is 17.0 Å². The van der Waals surface area contributed by atoms with Crippen LogP contribution >= 0.6 is 0 Å². The second-order valence-corrected chi connectivity index (χ2v) is 5.47. The van der Waals surface area contributed by atoms with Crippen molar-refractivity contribution in [3.05, 3.63) is 29.6 Å². The van der Waals surface area contributed by atoms with Crippen molar-refractivity contribution in [3.63, 3.8) is 0 Å². The van der Waals surface area contributed by atoms with E-state index in [1.807, 2.05) is 0 Å². The first-order valence-electron chi connectivity index (χ1n) is 7.23. The molecule has 2 N–H and O–H groups in total. The highest BCUT2D eigenvalue weighted by Crippen LogP contribution is 2.28. The second kappa shape index (κ2) is 5.99. The Kier molecular flexibility index (Phi) is 4.07. The van der Waals surface area contributed by atoms with Crippen molar-refractivity contribution in [2.45, 2.75) is 31.5 Å². The summed E-state index contributed by atoms with van der Waals surface area (Å²) in [6.45, 7) is 0.836. The molecular weight excluding hydrogens is 275 g/mol. The number of carbonyl (C=O) groups excluding carboxylic acids is 1. The maximum atomic E-state index is 14.2. The highest BCUT2D eigenvalue weighted by atomic mass is 19.1. The molecule has 1 saturated carbocycles. The molecule has 2 aliphatic rings. The van der Waals surface area contributed by atoms with Gasteiger partial charge in [-0.2, -0.15) is 0 Å². The average Bonchev–Trinajstić information content (AvgIpc) is 3.31. The number of anilines is 1. The molecular formula is C15H19FN2O3. The summed E-state index contributed by atoms with van der Waals surface area (Å²) in [4.78, 5) is 14.0. The van der Waals surface area contributed by atoms with E-state index < -0.39 is 11.9 Å². The lowest BCUT2D eigenvalue weighted by Crippen LogP contribution is -2.55. The van der Waals surface area contributed by atoms with E-state index in [4.69, 9.17) is 4.74 Å². The van der Waals surface area contributed by atoms with Crippen LogP contribution in [-0.2, 0) is 16.1 Å². The first kappa shape index (κ1) is 14.3. The molecule has 5 nitrogen and oxygen atoms in total. The number of morpholine rings is 1. The number of rotatable bonds is 4. The van der Waals surface area contributed by atoms with Gasteiger partial charge in [-0.05, 0) is 18.9 Å². The zero-order valence-corrected chi connectivity index (χ0v) is 11.7. The quantitative estimate of drug-likeness (QED) is 0.862. The Labute approximate surface area is 122 Å². The molecule has 1 aromatic rings. The van der Waals surface area contributed by atoms with Gasteiger partial charge in [0.05, 0.1) is 25.5 Å². The third-order valence-electron chi connectivity index (χ3n) is 3.88. The summed E-state index contributed by atoms with van der Waals surface area (Å²) in [5.41, 5.74) is 0.792. The summed E-state index contributed by atoms with van der Waals surface area (Å²) < 4.78 is 19.6. The van der Waals surface area contributed by atoms with E-state index in [1.165, 1.54) is 6.07 Å². The van der Waals surface area contributed by atoms with Crippen LogP contribution in [0.25, 0.3) is 0 Å². The van der Waals surface area contributed by atoms with Crippen LogP contribution in [0.1, 0.15) is 18.4 Å². The van der Waals surface area contributed by atoms with Gasteiger partial charge in [-0.15, -0.1) is 0 Å². The number of halogens is 1. The van der Waals surface area contributed by atoms with Crippen LogP contribution in [0.15, 0.2) is 18.2 Å². The normalized spacial score (nSPS) is 22.2. The molecule has 1 saturated heterocycles. The Hall–Kier alpha value is -1.66. The standard InChI is InChI=1S/C15H19FN2O3/c16-12-3-1-2-10(8-19)14(12)18-6-7-21-9-13(18)15(20)17-11-4-5-11/h1-3,11,13,19H,4-9H2,(H,17,20). The third kappa shape index (κ3) is 3.01. The fraction of sp³-hybridized carbons (Fsp3) is 0.533. The number of amides is 1. The van der Waals surface area contributed by atoms with Crippen LogP contribution in [0.2, 0.25) is 0 Å². The molecule has 3 rings (SSSR count). The Morgan fingerprint density at radius 3 is 3.00 bits per heavy atom. The molecule has 21 heavy (non-hydrogen) atoms. The number of hydrogen-bond donors (Lipinski definition) is 2. The van der Waals surface area contributed by atoms with E-state index in [-0.39, 0.29) is 25.2 Å². The molecule has 1 atom stereocenters. The Morgan fingerprint density at radius 1 is 1.48 bits per heavy atom. The first-order valence-corrected chi connectivity index (χ1v) is 7.23. The van der Waals surface area contributed by atoms with Crippen molar-refractivity contribution in [1.82, 2.24) is 5.32 Å². The number of carbonyl (C=O) groups is 1. The van der Waals surface area contributed by atoms with Gasteiger partial charge in [0.1, 0.15) is 11.9 Å². The number of nitrogens with one attached hydrogen (secondary N) is 1. The van der Waals surface area contributed by atoms with Crippen LogP contribution in [0.3, 0.4) is 0 Å². The van der Waals surface area contributed by atoms with Gasteiger partial charge in [0.2, 0.25) is 5.91 Å². The molecule has 0 radical (unpaired) electrons. The fourth-order valence-corrected chi connectivity index (χ4v) is 2.62. The molecule has 0 bridgehead atoms. The smallest absolute Gasteiger partial charge is 0.245 e.